The Labute approximate surface area is 98.8 Å². The minimum atomic E-state index is -0.325. The van der Waals surface area contributed by atoms with E-state index in [-0.39, 0.29) is 5.82 Å². The van der Waals surface area contributed by atoms with Crippen LogP contribution in [-0.4, -0.2) is 16.3 Å². The summed E-state index contributed by atoms with van der Waals surface area (Å²) >= 11 is 0. The van der Waals surface area contributed by atoms with Gasteiger partial charge in [-0.1, -0.05) is 6.07 Å². The summed E-state index contributed by atoms with van der Waals surface area (Å²) in [6, 6.07) is 6.00. The lowest BCUT2D eigenvalue weighted by molar-refractivity contribution is 0.470. The lowest BCUT2D eigenvalue weighted by Gasteiger charge is -2.05. The summed E-state index contributed by atoms with van der Waals surface area (Å²) in [6.45, 7) is 3.04. The van der Waals surface area contributed by atoms with Crippen LogP contribution in [0.1, 0.15) is 5.69 Å². The van der Waals surface area contributed by atoms with E-state index in [9.17, 15) is 4.39 Å². The predicted octanol–water partition coefficient (Wildman–Crippen LogP) is 2.08. The van der Waals surface area contributed by atoms with Gasteiger partial charge in [-0.15, -0.1) is 0 Å². The van der Waals surface area contributed by atoms with E-state index in [2.05, 4.69) is 5.10 Å². The summed E-state index contributed by atoms with van der Waals surface area (Å²) in [6.07, 6.45) is 1.61. The van der Waals surface area contributed by atoms with Crippen LogP contribution in [0.3, 0.4) is 0 Å². The van der Waals surface area contributed by atoms with Crippen LogP contribution in [0.25, 0.3) is 0 Å². The third-order valence-electron chi connectivity index (χ3n) is 2.42. The molecule has 1 aromatic carbocycles. The lowest BCUT2D eigenvalue weighted by Crippen LogP contribution is -2.12. The number of halogens is 1. The van der Waals surface area contributed by atoms with Crippen LogP contribution in [-0.2, 0) is 6.54 Å². The van der Waals surface area contributed by atoms with E-state index < -0.39 is 0 Å². The van der Waals surface area contributed by atoms with Crippen LogP contribution >= 0.6 is 0 Å². The van der Waals surface area contributed by atoms with Crippen LogP contribution < -0.4 is 10.5 Å². The van der Waals surface area contributed by atoms with Gasteiger partial charge in [0.25, 0.3) is 0 Å². The van der Waals surface area contributed by atoms with Crippen molar-refractivity contribution in [3.05, 3.63) is 42.0 Å². The smallest absolute Gasteiger partial charge is 0.168 e. The zero-order valence-electron chi connectivity index (χ0n) is 9.56. The van der Waals surface area contributed by atoms with E-state index in [1.165, 1.54) is 12.1 Å². The molecule has 0 amide bonds. The van der Waals surface area contributed by atoms with Crippen molar-refractivity contribution in [2.45, 2.75) is 13.5 Å². The molecular weight excluding hydrogens is 221 g/mol. The summed E-state index contributed by atoms with van der Waals surface area (Å²) in [4.78, 5) is 0. The summed E-state index contributed by atoms with van der Waals surface area (Å²) in [7, 11) is 0. The van der Waals surface area contributed by atoms with E-state index in [0.717, 1.165) is 5.69 Å². The molecule has 90 valence electrons. The first-order valence-electron chi connectivity index (χ1n) is 5.36. The Hall–Kier alpha value is -1.88. The highest BCUT2D eigenvalue weighted by atomic mass is 19.1. The molecule has 17 heavy (non-hydrogen) atoms. The number of nitrogens with two attached hydrogens (primary N) is 1. The first kappa shape index (κ1) is 11.6. The van der Waals surface area contributed by atoms with E-state index in [4.69, 9.17) is 10.5 Å². The van der Waals surface area contributed by atoms with Gasteiger partial charge in [0.1, 0.15) is 11.6 Å². The number of ether oxygens (including phenoxy) is 1. The molecule has 0 fully saturated rings. The second-order valence-electron chi connectivity index (χ2n) is 3.67. The van der Waals surface area contributed by atoms with Crippen LogP contribution in [0.2, 0.25) is 0 Å². The Morgan fingerprint density at radius 3 is 3.00 bits per heavy atom. The maximum Gasteiger partial charge on any atom is 0.168 e. The predicted molar refractivity (Wildman–Crippen MR) is 62.5 cm³/mol. The largest absolute Gasteiger partial charge is 0.454 e. The van der Waals surface area contributed by atoms with Gasteiger partial charge in [-0.25, -0.2) is 4.39 Å². The Morgan fingerprint density at radius 1 is 1.47 bits per heavy atom. The van der Waals surface area contributed by atoms with Gasteiger partial charge in [0.05, 0.1) is 18.4 Å². The van der Waals surface area contributed by atoms with Crippen molar-refractivity contribution >= 4 is 0 Å². The van der Waals surface area contributed by atoms with Gasteiger partial charge in [-0.2, -0.15) is 5.10 Å². The number of nitrogens with zero attached hydrogens (tertiary/aromatic N) is 2. The zero-order chi connectivity index (χ0) is 12.3. The van der Waals surface area contributed by atoms with Gasteiger partial charge < -0.3 is 10.5 Å². The molecule has 4 nitrogen and oxygen atoms in total. The Balaban J connectivity index is 2.19. The molecule has 0 bridgehead atoms. The second-order valence-corrected chi connectivity index (χ2v) is 3.67. The van der Waals surface area contributed by atoms with Crippen LogP contribution in [0.4, 0.5) is 4.39 Å². The van der Waals surface area contributed by atoms with Gasteiger partial charge in [0.2, 0.25) is 0 Å². The van der Waals surface area contributed by atoms with E-state index in [1.807, 2.05) is 6.92 Å². The van der Waals surface area contributed by atoms with Crippen molar-refractivity contribution in [3.8, 4) is 11.5 Å². The van der Waals surface area contributed by atoms with Gasteiger partial charge in [-0.3, -0.25) is 4.68 Å². The van der Waals surface area contributed by atoms with E-state index >= 15 is 0 Å². The molecule has 0 spiro atoms. The van der Waals surface area contributed by atoms with Crippen molar-refractivity contribution < 1.29 is 9.13 Å². The molecule has 0 saturated carbocycles. The number of hydrogen-bond acceptors (Lipinski definition) is 3. The first-order chi connectivity index (χ1) is 8.20. The number of benzene rings is 1. The third-order valence-corrected chi connectivity index (χ3v) is 2.42. The highest BCUT2D eigenvalue weighted by Gasteiger charge is 2.08. The normalized spacial score (nSPS) is 10.5. The minimum Gasteiger partial charge on any atom is -0.454 e. The number of hydrogen-bond donors (Lipinski definition) is 1. The maximum atomic E-state index is 13.0. The van der Waals surface area contributed by atoms with Crippen LogP contribution in [0.5, 0.6) is 11.5 Å². The third kappa shape index (κ3) is 2.62. The summed E-state index contributed by atoms with van der Waals surface area (Å²) in [5.74, 6) is 0.749. The van der Waals surface area contributed by atoms with Gasteiger partial charge in [0.15, 0.2) is 5.75 Å². The van der Waals surface area contributed by atoms with Crippen LogP contribution in [0, 0.1) is 12.7 Å². The standard InChI is InChI=1S/C12H14FN3O/c1-9-12(8-15-16(9)6-5-14)17-11-4-2-3-10(13)7-11/h2-4,7-8H,5-6,14H2,1H3. The molecule has 2 N–H and O–H groups in total. The lowest BCUT2D eigenvalue weighted by atomic mass is 10.3. The molecule has 2 rings (SSSR count). The SMILES string of the molecule is Cc1c(Oc2cccc(F)c2)cnn1CCN. The monoisotopic (exact) mass is 235 g/mol. The Morgan fingerprint density at radius 2 is 2.29 bits per heavy atom. The van der Waals surface area contributed by atoms with Crippen molar-refractivity contribution in [2.24, 2.45) is 5.73 Å². The summed E-state index contributed by atoms with van der Waals surface area (Å²) in [5, 5.41) is 4.14. The molecule has 1 aromatic heterocycles. The quantitative estimate of drug-likeness (QED) is 0.882. The molecule has 0 radical (unpaired) electrons. The average molecular weight is 235 g/mol. The maximum absolute atomic E-state index is 13.0. The Bertz CT molecular complexity index is 510. The summed E-state index contributed by atoms with van der Waals surface area (Å²) < 4.78 is 20.3. The average Bonchev–Trinajstić information content (AvgIpc) is 2.62. The topological polar surface area (TPSA) is 53.1 Å². The highest BCUT2D eigenvalue weighted by molar-refractivity contribution is 5.32. The van der Waals surface area contributed by atoms with Crippen molar-refractivity contribution in [1.82, 2.24) is 9.78 Å². The summed E-state index contributed by atoms with van der Waals surface area (Å²) in [5.41, 5.74) is 6.33. The number of aromatic nitrogens is 2. The fourth-order valence-corrected chi connectivity index (χ4v) is 1.53. The second kappa shape index (κ2) is 4.97. The minimum absolute atomic E-state index is 0.325. The van der Waals surface area contributed by atoms with Gasteiger partial charge >= 0.3 is 0 Å². The zero-order valence-corrected chi connectivity index (χ0v) is 9.56. The van der Waals surface area contributed by atoms with Crippen molar-refractivity contribution in [3.63, 3.8) is 0 Å². The Kier molecular flexibility index (Phi) is 3.39. The molecule has 0 saturated heterocycles. The van der Waals surface area contributed by atoms with Gasteiger partial charge in [-0.05, 0) is 19.1 Å². The molecule has 0 aliphatic heterocycles. The fourth-order valence-electron chi connectivity index (χ4n) is 1.53. The first-order valence-corrected chi connectivity index (χ1v) is 5.36. The van der Waals surface area contributed by atoms with Crippen molar-refractivity contribution in [1.29, 1.82) is 0 Å². The van der Waals surface area contributed by atoms with Crippen molar-refractivity contribution in [2.75, 3.05) is 6.54 Å². The number of rotatable bonds is 4. The molecule has 0 atom stereocenters. The molecule has 2 aromatic rings. The molecular formula is C12H14FN3O. The molecule has 0 aliphatic rings. The van der Waals surface area contributed by atoms with Crippen LogP contribution in [0.15, 0.2) is 30.5 Å². The molecule has 5 heteroatoms. The van der Waals surface area contributed by atoms with E-state index in [0.29, 0.717) is 24.6 Å². The molecule has 0 aliphatic carbocycles. The van der Waals surface area contributed by atoms with E-state index in [1.54, 1.807) is 23.0 Å². The molecule has 0 unspecified atom stereocenters. The van der Waals surface area contributed by atoms with Gasteiger partial charge in [0, 0.05) is 12.6 Å². The molecule has 1 heterocycles. The fraction of sp³-hybridized carbons (Fsp3) is 0.250. The highest BCUT2D eigenvalue weighted by Crippen LogP contribution is 2.24.